The molecule has 0 heterocycles. The quantitative estimate of drug-likeness (QED) is 0.518. The Hall–Kier alpha value is -0.396. The molecule has 0 aliphatic heterocycles. The summed E-state index contributed by atoms with van der Waals surface area (Å²) in [4.78, 5) is 0. The van der Waals surface area contributed by atoms with Crippen LogP contribution in [0.3, 0.4) is 0 Å². The van der Waals surface area contributed by atoms with Crippen molar-refractivity contribution in [2.75, 3.05) is 13.2 Å². The lowest BCUT2D eigenvalue weighted by molar-refractivity contribution is 0.544. The van der Waals surface area contributed by atoms with Crippen LogP contribution in [-0.4, -0.2) is 29.8 Å². The summed E-state index contributed by atoms with van der Waals surface area (Å²) in [6, 6.07) is 10.6. The van der Waals surface area contributed by atoms with Crippen LogP contribution in [-0.2, 0) is 4.12 Å². The van der Waals surface area contributed by atoms with Crippen molar-refractivity contribution in [1.82, 2.24) is 5.09 Å². The van der Waals surface area contributed by atoms with Crippen LogP contribution >= 0.6 is 7.43 Å². The van der Waals surface area contributed by atoms with Gasteiger partial charge in [0.2, 0.25) is 0 Å². The first-order chi connectivity index (χ1) is 9.49. The fraction of sp³-hybridized carbons (Fsp3) is 0.571. The normalized spacial score (nSPS) is 15.5. The maximum Gasteiger partial charge on any atom is 0.195 e. The summed E-state index contributed by atoms with van der Waals surface area (Å²) in [5, 5.41) is 11.6. The summed E-state index contributed by atoms with van der Waals surface area (Å²) < 4.78 is 12.1. The Labute approximate surface area is 131 Å². The molecule has 7 heteroatoms. The number of rotatable bonds is 8. The van der Waals surface area contributed by atoms with Crippen LogP contribution < -0.4 is 9.61 Å². The monoisotopic (exact) mass is 344 g/mol. The van der Waals surface area contributed by atoms with Gasteiger partial charge >= 0.3 is 0 Å². The fourth-order valence-electron chi connectivity index (χ4n) is 2.17. The van der Waals surface area contributed by atoms with Crippen LogP contribution in [0.1, 0.15) is 0 Å². The average molecular weight is 345 g/mol. The van der Waals surface area contributed by atoms with Gasteiger partial charge in [0.15, 0.2) is 24.1 Å². The summed E-state index contributed by atoms with van der Waals surface area (Å²) in [6.45, 7) is 13.8. The van der Waals surface area contributed by atoms with E-state index >= 15 is 0 Å². The van der Waals surface area contributed by atoms with Crippen LogP contribution in [0.15, 0.2) is 30.3 Å². The standard InChI is InChI=1S/C14H29N2O2PSi2/c1-19(15,17-14-10-8-7-9-11-14)16-12-13-21(5,6)18-20(2,3)4/h7-11H,12-13H2,1-6H3,(H2,15,16). The van der Waals surface area contributed by atoms with Crippen LogP contribution in [0.4, 0.5) is 0 Å². The second kappa shape index (κ2) is 7.24. The van der Waals surface area contributed by atoms with Gasteiger partial charge in [0, 0.05) is 13.2 Å². The van der Waals surface area contributed by atoms with Gasteiger partial charge in [-0.05, 0) is 50.9 Å². The van der Waals surface area contributed by atoms with Crippen LogP contribution in [0, 0.1) is 5.16 Å². The molecule has 0 saturated carbocycles. The molecule has 1 rings (SSSR count). The maximum atomic E-state index is 8.31. The second-order valence-corrected chi connectivity index (χ2v) is 18.4. The first-order valence-corrected chi connectivity index (χ1v) is 16.0. The van der Waals surface area contributed by atoms with E-state index in [9.17, 15) is 0 Å². The fourth-order valence-corrected chi connectivity index (χ4v) is 11.3. The minimum Gasteiger partial charge on any atom is -0.456 e. The maximum absolute atomic E-state index is 8.31. The van der Waals surface area contributed by atoms with Gasteiger partial charge in [-0.3, -0.25) is 10.2 Å². The molecule has 0 aliphatic carbocycles. The molecule has 0 spiro atoms. The van der Waals surface area contributed by atoms with Crippen molar-refractivity contribution in [1.29, 1.82) is 5.16 Å². The van der Waals surface area contributed by atoms with E-state index in [-0.39, 0.29) is 0 Å². The van der Waals surface area contributed by atoms with Gasteiger partial charge in [-0.2, -0.15) is 0 Å². The smallest absolute Gasteiger partial charge is 0.195 e. The van der Waals surface area contributed by atoms with Gasteiger partial charge in [0.1, 0.15) is 5.75 Å². The molecule has 1 aromatic carbocycles. The average Bonchev–Trinajstić information content (AvgIpc) is 2.25. The third-order valence-electron chi connectivity index (χ3n) is 2.75. The van der Waals surface area contributed by atoms with Crippen molar-refractivity contribution in [2.45, 2.75) is 38.8 Å². The Balaban J connectivity index is 2.45. The molecule has 21 heavy (non-hydrogen) atoms. The van der Waals surface area contributed by atoms with Crippen LogP contribution in [0.2, 0.25) is 38.8 Å². The molecule has 0 bridgehead atoms. The van der Waals surface area contributed by atoms with E-state index in [1.807, 2.05) is 37.0 Å². The zero-order valence-electron chi connectivity index (χ0n) is 14.1. The molecule has 0 aliphatic rings. The van der Waals surface area contributed by atoms with E-state index in [0.717, 1.165) is 18.3 Å². The molecule has 0 amide bonds. The SMILES string of the molecule is C[Si](C)(C)O[Si](C)(C)CCNP(C)(=N)Oc1ccccc1. The molecule has 0 saturated heterocycles. The van der Waals surface area contributed by atoms with Gasteiger partial charge in [0.05, 0.1) is 0 Å². The molecule has 0 radical (unpaired) electrons. The van der Waals surface area contributed by atoms with Gasteiger partial charge in [0.25, 0.3) is 0 Å². The van der Waals surface area contributed by atoms with Gasteiger partial charge in [-0.25, -0.2) is 0 Å². The van der Waals surface area contributed by atoms with Gasteiger partial charge < -0.3 is 8.64 Å². The van der Waals surface area contributed by atoms with E-state index in [2.05, 4.69) is 37.8 Å². The summed E-state index contributed by atoms with van der Waals surface area (Å²) in [6.07, 6.45) is 0. The molecule has 1 atom stereocenters. The highest BCUT2D eigenvalue weighted by Crippen LogP contribution is 2.39. The lowest BCUT2D eigenvalue weighted by Gasteiger charge is -2.32. The highest BCUT2D eigenvalue weighted by Gasteiger charge is 2.29. The van der Waals surface area contributed by atoms with E-state index in [1.54, 1.807) is 0 Å². The molecule has 120 valence electrons. The van der Waals surface area contributed by atoms with E-state index in [0.29, 0.717) is 0 Å². The van der Waals surface area contributed by atoms with Crippen molar-refractivity contribution in [3.05, 3.63) is 30.3 Å². The molecule has 4 nitrogen and oxygen atoms in total. The lowest BCUT2D eigenvalue weighted by atomic mass is 10.3. The highest BCUT2D eigenvalue weighted by atomic mass is 31.2. The molecular formula is C14H29N2O2PSi2. The van der Waals surface area contributed by atoms with Gasteiger partial charge in [-0.1, -0.05) is 18.2 Å². The largest absolute Gasteiger partial charge is 0.456 e. The molecule has 0 aromatic heterocycles. The predicted molar refractivity (Wildman–Crippen MR) is 97.4 cm³/mol. The Bertz CT molecular complexity index is 489. The zero-order chi connectivity index (χ0) is 16.1. The molecule has 1 unspecified atom stereocenters. The van der Waals surface area contributed by atoms with Crippen molar-refractivity contribution in [2.24, 2.45) is 0 Å². The Morgan fingerprint density at radius 1 is 1.10 bits per heavy atom. The third kappa shape index (κ3) is 8.58. The number of benzene rings is 1. The summed E-state index contributed by atoms with van der Waals surface area (Å²) in [5.41, 5.74) is 0. The Morgan fingerprint density at radius 2 is 1.67 bits per heavy atom. The Kier molecular flexibility index (Phi) is 6.43. The third-order valence-corrected chi connectivity index (χ3v) is 10.3. The molecule has 2 N–H and O–H groups in total. The van der Waals surface area contributed by atoms with Crippen LogP contribution in [0.5, 0.6) is 5.75 Å². The Morgan fingerprint density at radius 3 is 2.19 bits per heavy atom. The highest BCUT2D eigenvalue weighted by molar-refractivity contribution is 7.57. The number of hydrogen-bond donors (Lipinski definition) is 2. The van der Waals surface area contributed by atoms with Gasteiger partial charge in [-0.15, -0.1) is 0 Å². The number of nitrogens with one attached hydrogen (secondary N) is 2. The molecule has 1 aromatic rings. The van der Waals surface area contributed by atoms with Crippen LogP contribution in [0.25, 0.3) is 0 Å². The zero-order valence-corrected chi connectivity index (χ0v) is 17.0. The summed E-state index contributed by atoms with van der Waals surface area (Å²) in [7, 11) is -5.46. The minimum atomic E-state index is -2.32. The predicted octanol–water partition coefficient (Wildman–Crippen LogP) is 4.95. The number of para-hydroxylation sites is 1. The minimum absolute atomic E-state index is 0.755. The van der Waals surface area contributed by atoms with E-state index in [1.165, 1.54) is 0 Å². The first kappa shape index (κ1) is 18.7. The van der Waals surface area contributed by atoms with E-state index in [4.69, 9.17) is 13.8 Å². The molecular weight excluding hydrogens is 315 g/mol. The second-order valence-electron chi connectivity index (χ2n) is 6.96. The topological polar surface area (TPSA) is 54.3 Å². The molecule has 0 fully saturated rings. The van der Waals surface area contributed by atoms with E-state index < -0.39 is 24.1 Å². The van der Waals surface area contributed by atoms with Crippen molar-refractivity contribution in [3.8, 4) is 5.75 Å². The van der Waals surface area contributed by atoms with Crippen molar-refractivity contribution >= 4 is 24.1 Å². The van der Waals surface area contributed by atoms with Crippen molar-refractivity contribution < 1.29 is 8.64 Å². The summed E-state index contributed by atoms with van der Waals surface area (Å²) >= 11 is 0. The number of hydrogen-bond acceptors (Lipinski definition) is 3. The first-order valence-electron chi connectivity index (χ1n) is 7.31. The van der Waals surface area contributed by atoms with Crippen molar-refractivity contribution in [3.63, 3.8) is 0 Å². The summed E-state index contributed by atoms with van der Waals surface area (Å²) in [5.74, 6) is 0.755. The lowest BCUT2D eigenvalue weighted by Crippen LogP contribution is -2.43.